The van der Waals surface area contributed by atoms with Crippen molar-refractivity contribution in [1.82, 2.24) is 5.32 Å². The van der Waals surface area contributed by atoms with E-state index in [1.807, 2.05) is 0 Å². The van der Waals surface area contributed by atoms with Crippen LogP contribution in [0.4, 0.5) is 4.79 Å². The molecule has 0 radical (unpaired) electrons. The largest absolute Gasteiger partial charge is 0.423 e. The van der Waals surface area contributed by atoms with Crippen molar-refractivity contribution < 1.29 is 17.4 Å². The van der Waals surface area contributed by atoms with Gasteiger partial charge in [0, 0.05) is 11.6 Å². The van der Waals surface area contributed by atoms with E-state index in [0.717, 1.165) is 0 Å². The monoisotopic (exact) mass is 263 g/mol. The normalized spacial score (nSPS) is 10.9. The molecule has 7 heteroatoms. The predicted octanol–water partition coefficient (Wildman–Crippen LogP) is 1.77. The minimum absolute atomic E-state index is 0.122. The Hall–Kier alpha value is -1.27. The van der Waals surface area contributed by atoms with Crippen LogP contribution in [0.25, 0.3) is 0 Å². The summed E-state index contributed by atoms with van der Waals surface area (Å²) in [5, 5.41) is 2.62. The van der Waals surface area contributed by atoms with Gasteiger partial charge in [0.05, 0.1) is 0 Å². The molecule has 0 aliphatic carbocycles. The Labute approximate surface area is 98.5 Å². The molecule has 0 saturated heterocycles. The molecule has 1 aromatic rings. The molecule has 0 bridgehead atoms. The fourth-order valence-electron chi connectivity index (χ4n) is 0.923. The van der Waals surface area contributed by atoms with E-state index in [9.17, 15) is 13.2 Å². The Morgan fingerprint density at radius 1 is 1.38 bits per heavy atom. The van der Waals surface area contributed by atoms with Crippen molar-refractivity contribution in [3.8, 4) is 0 Å². The molecule has 0 heterocycles. The molecule has 0 aliphatic rings. The average Bonchev–Trinajstić information content (AvgIpc) is 2.17. The van der Waals surface area contributed by atoms with Gasteiger partial charge in [0.2, 0.25) is 0 Å². The molecule has 0 aromatic heterocycles. The van der Waals surface area contributed by atoms with E-state index in [4.69, 9.17) is 11.6 Å². The first-order chi connectivity index (χ1) is 7.45. The van der Waals surface area contributed by atoms with Gasteiger partial charge in [-0.05, 0) is 31.2 Å². The number of hydrogen-bond acceptors (Lipinski definition) is 4. The highest BCUT2D eigenvalue weighted by Crippen LogP contribution is 2.16. The highest BCUT2D eigenvalue weighted by atomic mass is 35.5. The fraction of sp³-hybridized carbons (Fsp3) is 0.222. The molecule has 5 nitrogen and oxygen atoms in total. The molecule has 88 valence electrons. The maximum Gasteiger partial charge on any atom is 0.423 e. The standard InChI is InChI=1S/C9H10ClNO4S/c1-2-11-9(12)15-16(13,14)8-5-3-7(10)4-6-8/h3-6H,2H2,1H3,(H,11,12). The Morgan fingerprint density at radius 2 is 1.94 bits per heavy atom. The second-order valence-electron chi connectivity index (χ2n) is 2.81. The molecule has 0 aliphatic heterocycles. The van der Waals surface area contributed by atoms with Gasteiger partial charge in [-0.25, -0.2) is 4.79 Å². The number of carbonyl (C=O) groups is 1. The van der Waals surface area contributed by atoms with Crippen LogP contribution in [0.5, 0.6) is 0 Å². The average molecular weight is 264 g/mol. The van der Waals surface area contributed by atoms with Gasteiger partial charge in [-0.15, -0.1) is 0 Å². The second kappa shape index (κ2) is 5.18. The van der Waals surface area contributed by atoms with E-state index in [0.29, 0.717) is 5.02 Å². The topological polar surface area (TPSA) is 72.5 Å². The maximum atomic E-state index is 11.5. The van der Waals surface area contributed by atoms with Gasteiger partial charge >= 0.3 is 16.2 Å². The van der Waals surface area contributed by atoms with Crippen LogP contribution in [-0.2, 0) is 14.3 Å². The number of nitrogens with one attached hydrogen (secondary N) is 1. The van der Waals surface area contributed by atoms with Crippen molar-refractivity contribution in [3.05, 3.63) is 29.3 Å². The van der Waals surface area contributed by atoms with Crippen LogP contribution in [-0.4, -0.2) is 21.1 Å². The van der Waals surface area contributed by atoms with Crippen LogP contribution >= 0.6 is 11.6 Å². The van der Waals surface area contributed by atoms with Crippen molar-refractivity contribution in [3.63, 3.8) is 0 Å². The lowest BCUT2D eigenvalue weighted by Crippen LogP contribution is -2.26. The lowest BCUT2D eigenvalue weighted by Gasteiger charge is -2.05. The van der Waals surface area contributed by atoms with Gasteiger partial charge in [0.1, 0.15) is 4.90 Å². The van der Waals surface area contributed by atoms with Crippen molar-refractivity contribution in [2.24, 2.45) is 0 Å². The number of hydrogen-bond donors (Lipinski definition) is 1. The summed E-state index contributed by atoms with van der Waals surface area (Å²) in [5.41, 5.74) is 0. The number of carbonyl (C=O) groups excluding carboxylic acids is 1. The first kappa shape index (κ1) is 12.8. The summed E-state index contributed by atoms with van der Waals surface area (Å²) in [6, 6.07) is 5.32. The molecule has 1 rings (SSSR count). The molecule has 0 saturated carbocycles. The van der Waals surface area contributed by atoms with Crippen LogP contribution in [0.1, 0.15) is 6.92 Å². The van der Waals surface area contributed by atoms with Crippen LogP contribution < -0.4 is 5.32 Å². The first-order valence-electron chi connectivity index (χ1n) is 4.43. The first-order valence-corrected chi connectivity index (χ1v) is 6.22. The Kier molecular flexibility index (Phi) is 4.14. The maximum absolute atomic E-state index is 11.5. The zero-order valence-electron chi connectivity index (χ0n) is 8.44. The van der Waals surface area contributed by atoms with E-state index in [1.165, 1.54) is 24.3 Å². The van der Waals surface area contributed by atoms with Gasteiger partial charge in [0.15, 0.2) is 0 Å². The number of halogens is 1. The van der Waals surface area contributed by atoms with Crippen LogP contribution in [0.2, 0.25) is 5.02 Å². The van der Waals surface area contributed by atoms with E-state index in [-0.39, 0.29) is 11.4 Å². The second-order valence-corrected chi connectivity index (χ2v) is 4.79. The summed E-state index contributed by atoms with van der Waals surface area (Å²) in [4.78, 5) is 10.8. The van der Waals surface area contributed by atoms with Gasteiger partial charge in [0.25, 0.3) is 0 Å². The summed E-state index contributed by atoms with van der Waals surface area (Å²) in [5.74, 6) is 0. The van der Waals surface area contributed by atoms with Gasteiger partial charge in [-0.3, -0.25) is 0 Å². The van der Waals surface area contributed by atoms with Crippen molar-refractivity contribution >= 4 is 27.8 Å². The van der Waals surface area contributed by atoms with Crippen LogP contribution in [0, 0.1) is 0 Å². The van der Waals surface area contributed by atoms with Crippen molar-refractivity contribution in [2.45, 2.75) is 11.8 Å². The zero-order valence-corrected chi connectivity index (χ0v) is 10.0. The molecule has 16 heavy (non-hydrogen) atoms. The van der Waals surface area contributed by atoms with Crippen LogP contribution in [0.15, 0.2) is 29.2 Å². The van der Waals surface area contributed by atoms with E-state index in [2.05, 4.69) is 9.50 Å². The van der Waals surface area contributed by atoms with Gasteiger partial charge in [-0.2, -0.15) is 8.42 Å². The van der Waals surface area contributed by atoms with E-state index >= 15 is 0 Å². The fourth-order valence-corrected chi connectivity index (χ4v) is 1.87. The molecule has 0 atom stereocenters. The highest BCUT2D eigenvalue weighted by Gasteiger charge is 2.19. The summed E-state index contributed by atoms with van der Waals surface area (Å²) in [7, 11) is -4.07. The smallest absolute Gasteiger partial charge is 0.324 e. The zero-order chi connectivity index (χ0) is 12.2. The summed E-state index contributed by atoms with van der Waals surface area (Å²) in [6.07, 6.45) is -1.00. The molecule has 1 N–H and O–H groups in total. The van der Waals surface area contributed by atoms with Gasteiger partial charge < -0.3 is 9.50 Å². The van der Waals surface area contributed by atoms with Gasteiger partial charge in [-0.1, -0.05) is 11.6 Å². The Morgan fingerprint density at radius 3 is 2.44 bits per heavy atom. The lowest BCUT2D eigenvalue weighted by molar-refractivity contribution is 0.203. The van der Waals surface area contributed by atoms with E-state index in [1.54, 1.807) is 6.92 Å². The third-order valence-corrected chi connectivity index (χ3v) is 3.08. The Balaban J connectivity index is 2.86. The minimum Gasteiger partial charge on any atom is -0.324 e. The molecule has 0 spiro atoms. The highest BCUT2D eigenvalue weighted by molar-refractivity contribution is 7.87. The molecule has 0 unspecified atom stereocenters. The minimum atomic E-state index is -4.07. The number of benzene rings is 1. The summed E-state index contributed by atoms with van der Waals surface area (Å²) < 4.78 is 27.3. The molecule has 0 fully saturated rings. The van der Waals surface area contributed by atoms with Crippen molar-refractivity contribution in [1.29, 1.82) is 0 Å². The summed E-state index contributed by atoms with van der Waals surface area (Å²) >= 11 is 5.60. The molecule has 1 amide bonds. The van der Waals surface area contributed by atoms with Crippen molar-refractivity contribution in [2.75, 3.05) is 6.54 Å². The SMILES string of the molecule is CCNC(=O)OS(=O)(=O)c1ccc(Cl)cc1. The number of rotatable bonds is 3. The molecular weight excluding hydrogens is 254 g/mol. The predicted molar refractivity (Wildman–Crippen MR) is 58.8 cm³/mol. The number of amides is 1. The molecular formula is C9H10ClNO4S. The third kappa shape index (κ3) is 3.39. The molecule has 1 aromatic carbocycles. The quantitative estimate of drug-likeness (QED) is 0.844. The summed E-state index contributed by atoms with van der Waals surface area (Å²) in [6.45, 7) is 1.94. The lowest BCUT2D eigenvalue weighted by atomic mass is 10.4. The third-order valence-electron chi connectivity index (χ3n) is 1.61. The van der Waals surface area contributed by atoms with E-state index < -0.39 is 16.2 Å². The Bertz CT molecular complexity index is 469. The van der Waals surface area contributed by atoms with Crippen LogP contribution in [0.3, 0.4) is 0 Å².